The van der Waals surface area contributed by atoms with Crippen LogP contribution in [0, 0.1) is 12.8 Å². The van der Waals surface area contributed by atoms with Gasteiger partial charge in [-0.05, 0) is 37.0 Å². The molecule has 0 spiro atoms. The molecule has 0 heterocycles. The monoisotopic (exact) mass is 305 g/mol. The van der Waals surface area contributed by atoms with E-state index in [-0.39, 0.29) is 17.7 Å². The van der Waals surface area contributed by atoms with Crippen LogP contribution >= 0.6 is 0 Å². The summed E-state index contributed by atoms with van der Waals surface area (Å²) in [5.74, 6) is -0.104. The van der Waals surface area contributed by atoms with Crippen LogP contribution in [-0.4, -0.2) is 17.9 Å². The molecule has 1 aromatic carbocycles. The topological polar surface area (TPSA) is 84.2 Å². The molecule has 5 heteroatoms. The van der Waals surface area contributed by atoms with Crippen LogP contribution in [0.25, 0.3) is 0 Å². The first-order valence-corrected chi connectivity index (χ1v) is 7.86. The number of amides is 2. The van der Waals surface area contributed by atoms with Gasteiger partial charge in [-0.2, -0.15) is 0 Å². The number of carbonyl (C=O) groups is 2. The molecule has 22 heavy (non-hydrogen) atoms. The van der Waals surface area contributed by atoms with E-state index in [0.29, 0.717) is 17.8 Å². The Morgan fingerprint density at radius 2 is 1.77 bits per heavy atom. The van der Waals surface area contributed by atoms with Crippen LogP contribution < -0.4 is 16.4 Å². The second-order valence-electron chi connectivity index (χ2n) is 5.68. The summed E-state index contributed by atoms with van der Waals surface area (Å²) in [5, 5.41) is 5.72. The summed E-state index contributed by atoms with van der Waals surface area (Å²) < 4.78 is 0. The molecule has 4 N–H and O–H groups in total. The minimum absolute atomic E-state index is 0.0228. The zero-order chi connectivity index (χ0) is 16.7. The van der Waals surface area contributed by atoms with E-state index in [2.05, 4.69) is 10.6 Å². The van der Waals surface area contributed by atoms with Gasteiger partial charge in [-0.1, -0.05) is 33.3 Å². The molecule has 2 atom stereocenters. The second-order valence-corrected chi connectivity index (χ2v) is 5.68. The lowest BCUT2D eigenvalue weighted by atomic mass is 9.99. The SMILES string of the molecule is CCCC(=O)Nc1cccc(NC(=O)C(N)C(C)CC)c1C. The number of nitrogens with two attached hydrogens (primary N) is 1. The standard InChI is InChI=1S/C17H27N3O2/c1-5-8-15(21)19-13-9-7-10-14(12(13)4)20-17(22)16(18)11(3)6-2/h7,9-11,16H,5-6,8,18H2,1-4H3,(H,19,21)(H,20,22). The first-order chi connectivity index (χ1) is 10.4. The summed E-state index contributed by atoms with van der Waals surface area (Å²) in [7, 11) is 0. The number of hydrogen-bond acceptors (Lipinski definition) is 3. The van der Waals surface area contributed by atoms with Crippen LogP contribution in [0.2, 0.25) is 0 Å². The lowest BCUT2D eigenvalue weighted by molar-refractivity contribution is -0.118. The zero-order valence-electron chi connectivity index (χ0n) is 13.9. The molecule has 1 rings (SSSR count). The molecular weight excluding hydrogens is 278 g/mol. The molecule has 0 saturated heterocycles. The molecule has 5 nitrogen and oxygen atoms in total. The minimum Gasteiger partial charge on any atom is -0.326 e. The van der Waals surface area contributed by atoms with Gasteiger partial charge in [0, 0.05) is 17.8 Å². The number of hydrogen-bond donors (Lipinski definition) is 3. The summed E-state index contributed by atoms with van der Waals surface area (Å²) in [6, 6.07) is 4.90. The van der Waals surface area contributed by atoms with E-state index >= 15 is 0 Å². The van der Waals surface area contributed by atoms with Gasteiger partial charge in [-0.15, -0.1) is 0 Å². The van der Waals surface area contributed by atoms with Crippen LogP contribution in [-0.2, 0) is 9.59 Å². The van der Waals surface area contributed by atoms with E-state index in [1.54, 1.807) is 6.07 Å². The Labute approximate surface area is 132 Å². The fourth-order valence-electron chi connectivity index (χ4n) is 2.07. The average Bonchev–Trinajstić information content (AvgIpc) is 2.49. The molecule has 122 valence electrons. The molecule has 2 unspecified atom stereocenters. The third kappa shape index (κ3) is 4.84. The normalized spacial score (nSPS) is 13.3. The number of anilines is 2. The molecule has 0 fully saturated rings. The van der Waals surface area contributed by atoms with Gasteiger partial charge < -0.3 is 16.4 Å². The smallest absolute Gasteiger partial charge is 0.241 e. The van der Waals surface area contributed by atoms with Crippen molar-refractivity contribution in [3.63, 3.8) is 0 Å². The first-order valence-electron chi connectivity index (χ1n) is 7.86. The summed E-state index contributed by atoms with van der Waals surface area (Å²) >= 11 is 0. The Kier molecular flexibility index (Phi) is 7.05. The maximum atomic E-state index is 12.2. The van der Waals surface area contributed by atoms with Crippen molar-refractivity contribution >= 4 is 23.2 Å². The third-order valence-corrected chi connectivity index (χ3v) is 3.90. The van der Waals surface area contributed by atoms with E-state index in [0.717, 1.165) is 18.4 Å². The van der Waals surface area contributed by atoms with Crippen molar-refractivity contribution in [2.75, 3.05) is 10.6 Å². The van der Waals surface area contributed by atoms with E-state index in [1.165, 1.54) is 0 Å². The van der Waals surface area contributed by atoms with Crippen molar-refractivity contribution in [3.05, 3.63) is 23.8 Å². The molecule has 0 saturated carbocycles. The van der Waals surface area contributed by atoms with Crippen LogP contribution in [0.4, 0.5) is 11.4 Å². The van der Waals surface area contributed by atoms with Crippen LogP contribution in [0.1, 0.15) is 45.6 Å². The van der Waals surface area contributed by atoms with E-state index < -0.39 is 6.04 Å². The van der Waals surface area contributed by atoms with Gasteiger partial charge in [0.2, 0.25) is 11.8 Å². The molecule has 2 amide bonds. The maximum Gasteiger partial charge on any atom is 0.241 e. The van der Waals surface area contributed by atoms with Crippen molar-refractivity contribution in [2.24, 2.45) is 11.7 Å². The Balaban J connectivity index is 2.84. The van der Waals surface area contributed by atoms with E-state index in [1.807, 2.05) is 39.8 Å². The number of carbonyl (C=O) groups excluding carboxylic acids is 2. The molecule has 1 aromatic rings. The highest BCUT2D eigenvalue weighted by atomic mass is 16.2. The minimum atomic E-state index is -0.539. The number of rotatable bonds is 7. The Morgan fingerprint density at radius 1 is 1.18 bits per heavy atom. The quantitative estimate of drug-likeness (QED) is 0.724. The van der Waals surface area contributed by atoms with Crippen molar-refractivity contribution in [3.8, 4) is 0 Å². The fraction of sp³-hybridized carbons (Fsp3) is 0.529. The van der Waals surface area contributed by atoms with Gasteiger partial charge in [0.25, 0.3) is 0 Å². The summed E-state index contributed by atoms with van der Waals surface area (Å²) in [4.78, 5) is 23.9. The van der Waals surface area contributed by atoms with Crippen molar-refractivity contribution in [1.82, 2.24) is 0 Å². The number of benzene rings is 1. The fourth-order valence-corrected chi connectivity index (χ4v) is 2.07. The predicted octanol–water partition coefficient (Wildman–Crippen LogP) is 3.05. The Morgan fingerprint density at radius 3 is 2.32 bits per heavy atom. The molecule has 0 radical (unpaired) electrons. The summed E-state index contributed by atoms with van der Waals surface area (Å²) in [6.45, 7) is 7.79. The van der Waals surface area contributed by atoms with Crippen molar-refractivity contribution < 1.29 is 9.59 Å². The van der Waals surface area contributed by atoms with Gasteiger partial charge in [0.05, 0.1) is 6.04 Å². The predicted molar refractivity (Wildman–Crippen MR) is 90.8 cm³/mol. The molecule has 0 aromatic heterocycles. The van der Waals surface area contributed by atoms with Crippen LogP contribution in [0.5, 0.6) is 0 Å². The Hall–Kier alpha value is -1.88. The maximum absolute atomic E-state index is 12.2. The van der Waals surface area contributed by atoms with Crippen LogP contribution in [0.15, 0.2) is 18.2 Å². The van der Waals surface area contributed by atoms with Gasteiger partial charge in [0.1, 0.15) is 0 Å². The lowest BCUT2D eigenvalue weighted by Gasteiger charge is -2.19. The number of nitrogens with one attached hydrogen (secondary N) is 2. The lowest BCUT2D eigenvalue weighted by Crippen LogP contribution is -2.40. The van der Waals surface area contributed by atoms with Crippen molar-refractivity contribution in [2.45, 2.75) is 53.0 Å². The molecule has 0 aliphatic carbocycles. The molecule has 0 aliphatic rings. The molecule has 0 aliphatic heterocycles. The first kappa shape index (κ1) is 18.2. The highest BCUT2D eigenvalue weighted by Crippen LogP contribution is 2.24. The average molecular weight is 305 g/mol. The zero-order valence-corrected chi connectivity index (χ0v) is 13.9. The van der Waals surface area contributed by atoms with Crippen LogP contribution in [0.3, 0.4) is 0 Å². The van der Waals surface area contributed by atoms with E-state index in [4.69, 9.17) is 5.73 Å². The van der Waals surface area contributed by atoms with Gasteiger partial charge in [-0.3, -0.25) is 9.59 Å². The largest absolute Gasteiger partial charge is 0.326 e. The van der Waals surface area contributed by atoms with Gasteiger partial charge in [0.15, 0.2) is 0 Å². The highest BCUT2D eigenvalue weighted by molar-refractivity contribution is 5.97. The second kappa shape index (κ2) is 8.54. The highest BCUT2D eigenvalue weighted by Gasteiger charge is 2.20. The van der Waals surface area contributed by atoms with E-state index in [9.17, 15) is 9.59 Å². The summed E-state index contributed by atoms with van der Waals surface area (Å²) in [5.41, 5.74) is 8.17. The third-order valence-electron chi connectivity index (χ3n) is 3.90. The summed E-state index contributed by atoms with van der Waals surface area (Å²) in [6.07, 6.45) is 2.13. The van der Waals surface area contributed by atoms with Gasteiger partial charge >= 0.3 is 0 Å². The van der Waals surface area contributed by atoms with Gasteiger partial charge in [-0.25, -0.2) is 0 Å². The Bertz CT molecular complexity index is 529. The molecule has 0 bridgehead atoms. The molecular formula is C17H27N3O2. The van der Waals surface area contributed by atoms with Crippen molar-refractivity contribution in [1.29, 1.82) is 0 Å².